The Morgan fingerprint density at radius 2 is 0.481 bits per heavy atom. The second kappa shape index (κ2) is 35.6. The molecular weight excluding hydrogens is 1600 g/mol. The van der Waals surface area contributed by atoms with Crippen molar-refractivity contribution in [2.75, 3.05) is 0 Å². The van der Waals surface area contributed by atoms with Gasteiger partial charge in [-0.3, -0.25) is 0 Å². The Hall–Kier alpha value is -18.0. The van der Waals surface area contributed by atoms with Crippen molar-refractivity contribution in [3.8, 4) is 186 Å². The monoisotopic (exact) mass is 1680 g/mol. The number of benzene rings is 16. The van der Waals surface area contributed by atoms with Crippen molar-refractivity contribution in [3.05, 3.63) is 462 Å². The molecule has 0 unspecified atom stereocenters. The molecule has 24 rings (SSSR count). The number of fused-ring (bicyclic) bond motifs is 6. The molecule has 131 heavy (non-hydrogen) atoms. The maximum Gasteiger partial charge on any atom is 0.178 e. The largest absolute Gasteiger partial charge is 0.455 e. The van der Waals surface area contributed by atoms with Gasteiger partial charge in [0.25, 0.3) is 0 Å². The maximum absolute atomic E-state index is 6.28. The zero-order valence-corrected chi connectivity index (χ0v) is 70.8. The molecule has 0 aliphatic carbocycles. The summed E-state index contributed by atoms with van der Waals surface area (Å²) in [5, 5.41) is 4.74. The highest BCUT2D eigenvalue weighted by Crippen LogP contribution is 2.41. The van der Waals surface area contributed by atoms with Crippen LogP contribution in [0.25, 0.3) is 229 Å². The number of H-pyrrole nitrogens is 3. The van der Waals surface area contributed by atoms with Gasteiger partial charge in [0, 0.05) is 66.2 Å². The molecule has 8 heterocycles. The van der Waals surface area contributed by atoms with E-state index >= 15 is 0 Å². The molecule has 16 aromatic carbocycles. The third-order valence-electron chi connectivity index (χ3n) is 23.8. The number of aromatic amines is 3. The third kappa shape index (κ3) is 16.6. The van der Waals surface area contributed by atoms with Crippen LogP contribution >= 0.6 is 0 Å². The Morgan fingerprint density at radius 3 is 0.870 bits per heavy atom. The fourth-order valence-corrected chi connectivity index (χ4v) is 17.1. The topological polar surface area (TPSA) is 181 Å². The summed E-state index contributed by atoms with van der Waals surface area (Å²) in [7, 11) is 0. The quantitative estimate of drug-likeness (QED) is 0.0794. The molecule has 0 atom stereocenters. The molecule has 618 valence electrons. The zero-order valence-electron chi connectivity index (χ0n) is 70.8. The van der Waals surface area contributed by atoms with Crippen molar-refractivity contribution < 1.29 is 4.42 Å². The average Bonchev–Trinajstić information content (AvgIpc) is 1.60. The molecular formula is C117H79N13O. The Kier molecular flexibility index (Phi) is 21.4. The Balaban J connectivity index is 0.000000115. The number of rotatable bonds is 17. The number of furan rings is 1. The van der Waals surface area contributed by atoms with Crippen molar-refractivity contribution in [3.63, 3.8) is 0 Å². The van der Waals surface area contributed by atoms with Crippen molar-refractivity contribution in [1.82, 2.24) is 64.4 Å². The van der Waals surface area contributed by atoms with E-state index in [1.54, 1.807) is 37.6 Å². The summed E-state index contributed by atoms with van der Waals surface area (Å²) in [6.45, 7) is 0. The van der Waals surface area contributed by atoms with Gasteiger partial charge < -0.3 is 23.9 Å². The number of hydrogen-bond donors (Lipinski definition) is 3. The fraction of sp³-hybridized carbons (Fsp3) is 0. The van der Waals surface area contributed by atoms with Gasteiger partial charge in [0.2, 0.25) is 0 Å². The van der Waals surface area contributed by atoms with E-state index in [0.717, 1.165) is 146 Å². The van der Waals surface area contributed by atoms with E-state index in [1.807, 2.05) is 48.5 Å². The molecule has 8 aromatic heterocycles. The van der Waals surface area contributed by atoms with Crippen LogP contribution in [0.2, 0.25) is 0 Å². The summed E-state index contributed by atoms with van der Waals surface area (Å²) in [5.41, 5.74) is 35.2. The summed E-state index contributed by atoms with van der Waals surface area (Å²) < 4.78 is 8.64. The normalized spacial score (nSPS) is 11.2. The average molecular weight is 1680 g/mol. The summed E-state index contributed by atoms with van der Waals surface area (Å²) in [6.07, 6.45) is 10.2. The van der Waals surface area contributed by atoms with E-state index in [4.69, 9.17) is 34.3 Å². The highest BCUT2D eigenvalue weighted by Gasteiger charge is 2.21. The molecule has 0 saturated heterocycles. The molecule has 24 aromatic rings. The predicted octanol–water partition coefficient (Wildman–Crippen LogP) is 29.3. The van der Waals surface area contributed by atoms with E-state index in [-0.39, 0.29) is 0 Å². The van der Waals surface area contributed by atoms with Gasteiger partial charge in [-0.15, -0.1) is 0 Å². The van der Waals surface area contributed by atoms with Crippen LogP contribution in [0, 0.1) is 0 Å². The second-order valence-electron chi connectivity index (χ2n) is 32.0. The van der Waals surface area contributed by atoms with Crippen LogP contribution in [0.15, 0.2) is 467 Å². The van der Waals surface area contributed by atoms with Gasteiger partial charge in [-0.1, -0.05) is 370 Å². The van der Waals surface area contributed by atoms with Crippen molar-refractivity contribution in [2.24, 2.45) is 0 Å². The first-order valence-electron chi connectivity index (χ1n) is 43.5. The lowest BCUT2D eigenvalue weighted by Gasteiger charge is -2.11. The van der Waals surface area contributed by atoms with E-state index in [2.05, 4.69) is 411 Å². The number of nitrogens with zero attached hydrogens (tertiary/aromatic N) is 10. The minimum atomic E-state index is 0.600. The van der Waals surface area contributed by atoms with Crippen LogP contribution in [0.1, 0.15) is 0 Å². The molecule has 14 heteroatoms. The minimum absolute atomic E-state index is 0.600. The lowest BCUT2D eigenvalue weighted by atomic mass is 9.97. The molecule has 0 aliphatic rings. The standard InChI is InChI=1S/C43H29N5.C37H24N4O.C37H26N4/c1-3-9-29(10-4-1)30-15-19-32(20-16-30)38-26-39(47-43(46-38)40-27-44-28-45-40)33-21-17-31(18-22-33)34-23-24-37-36-13-7-8-14-41(36)48(42(37)25-34)35-11-5-2-6-12-35;1-2-7-24(8-3-1)25-13-17-27(18-14-25)32-21-33(41-37(40-32)34-22-38-23-39-34)28-19-15-26(16-20-28)29-10-6-11-31-30-9-4-5-12-35(30)42-36(29)31;1-3-8-26(9-4-1)28-14-18-30(19-15-28)34-23-35(41-37(40-34)36-24-38-25-39-36)31-20-16-29(17-21-31)33-13-7-12-32(22-33)27-10-5-2-6-11-27/h1-28H,(H,44,45);1-23H,(H,38,39);1-25H,(H,38,39). The minimum Gasteiger partial charge on any atom is -0.455 e. The van der Waals surface area contributed by atoms with Crippen LogP contribution in [0.4, 0.5) is 0 Å². The first kappa shape index (κ1) is 78.9. The predicted molar refractivity (Wildman–Crippen MR) is 531 cm³/mol. The summed E-state index contributed by atoms with van der Waals surface area (Å²) in [5.74, 6) is 1.82. The van der Waals surface area contributed by atoms with Crippen molar-refractivity contribution in [1.29, 1.82) is 0 Å². The second-order valence-corrected chi connectivity index (χ2v) is 32.0. The van der Waals surface area contributed by atoms with E-state index in [0.29, 0.717) is 17.5 Å². The van der Waals surface area contributed by atoms with Gasteiger partial charge >= 0.3 is 0 Å². The molecule has 0 bridgehead atoms. The van der Waals surface area contributed by atoms with Gasteiger partial charge in [0.05, 0.1) is 82.8 Å². The molecule has 0 spiro atoms. The lowest BCUT2D eigenvalue weighted by molar-refractivity contribution is 0.670. The van der Waals surface area contributed by atoms with Crippen LogP contribution in [0.5, 0.6) is 0 Å². The third-order valence-corrected chi connectivity index (χ3v) is 23.8. The smallest absolute Gasteiger partial charge is 0.178 e. The van der Waals surface area contributed by atoms with Gasteiger partial charge in [0.1, 0.15) is 28.2 Å². The fourth-order valence-electron chi connectivity index (χ4n) is 17.1. The first-order valence-corrected chi connectivity index (χ1v) is 43.5. The first-order chi connectivity index (χ1) is 64.9. The molecule has 0 amide bonds. The number of nitrogens with one attached hydrogen (secondary N) is 3. The van der Waals surface area contributed by atoms with Gasteiger partial charge in [-0.25, -0.2) is 44.9 Å². The number of aromatic nitrogens is 13. The van der Waals surface area contributed by atoms with Crippen LogP contribution in [0.3, 0.4) is 0 Å². The van der Waals surface area contributed by atoms with Gasteiger partial charge in [0.15, 0.2) is 17.5 Å². The van der Waals surface area contributed by atoms with E-state index in [9.17, 15) is 0 Å². The molecule has 14 nitrogen and oxygen atoms in total. The molecule has 0 fully saturated rings. The van der Waals surface area contributed by atoms with Gasteiger partial charge in [-0.2, -0.15) is 0 Å². The van der Waals surface area contributed by atoms with Crippen molar-refractivity contribution >= 4 is 43.7 Å². The summed E-state index contributed by atoms with van der Waals surface area (Å²) in [6, 6.07) is 148. The van der Waals surface area contributed by atoms with Crippen LogP contribution < -0.4 is 0 Å². The van der Waals surface area contributed by atoms with Gasteiger partial charge in [-0.05, 0) is 127 Å². The van der Waals surface area contributed by atoms with Crippen molar-refractivity contribution in [2.45, 2.75) is 0 Å². The zero-order chi connectivity index (χ0) is 87.2. The summed E-state index contributed by atoms with van der Waals surface area (Å²) in [4.78, 5) is 51.6. The van der Waals surface area contributed by atoms with E-state index < -0.39 is 0 Å². The Bertz CT molecular complexity index is 8100. The molecule has 0 aliphatic heterocycles. The SMILES string of the molecule is c1ccc(-c2ccc(-c3cc(-c4ccc(-c5ccc6c7ccccc7n(-c7ccccc7)c6c5)cc4)nc(-c4cnc[nH]4)n3)cc2)cc1.c1ccc(-c2ccc(-c3cc(-c4ccc(-c5cccc(-c6ccccc6)c5)cc4)nc(-c4cnc[nH]4)n3)cc2)cc1.c1ccc(-c2ccc(-c3cc(-c4ccc(-c5cccc6c5oc5ccccc56)cc4)nc(-c4cnc[nH]4)n3)cc2)cc1. The molecule has 0 saturated carbocycles. The summed E-state index contributed by atoms with van der Waals surface area (Å²) >= 11 is 0. The van der Waals surface area contributed by atoms with Crippen LogP contribution in [-0.2, 0) is 0 Å². The highest BCUT2D eigenvalue weighted by molar-refractivity contribution is 6.11. The Labute approximate surface area is 755 Å². The molecule has 3 N–H and O–H groups in total. The number of hydrogen-bond acceptors (Lipinski definition) is 10. The van der Waals surface area contributed by atoms with Crippen LogP contribution in [-0.4, -0.2) is 64.4 Å². The molecule has 0 radical (unpaired) electrons. The Morgan fingerprint density at radius 1 is 0.198 bits per heavy atom. The number of para-hydroxylation sites is 4. The highest BCUT2D eigenvalue weighted by atomic mass is 16.3. The lowest BCUT2D eigenvalue weighted by Crippen LogP contribution is -1.96. The maximum atomic E-state index is 6.28. The number of imidazole rings is 3. The van der Waals surface area contributed by atoms with E-state index in [1.165, 1.54) is 66.3 Å².